The Labute approximate surface area is 73.4 Å². The minimum Gasteiger partial charge on any atom is -0.475 e. The number of aliphatic hydroxyl groups excluding tert-OH is 3. The van der Waals surface area contributed by atoms with Gasteiger partial charge in [-0.05, 0) is 0 Å². The first-order valence-corrected chi connectivity index (χ1v) is 3.41. The molecule has 0 aromatic rings. The summed E-state index contributed by atoms with van der Waals surface area (Å²) in [5, 5.41) is 34.4. The lowest BCUT2D eigenvalue weighted by molar-refractivity contribution is -0.156. The van der Waals surface area contributed by atoms with Gasteiger partial charge < -0.3 is 26.2 Å². The van der Waals surface area contributed by atoms with Crippen LogP contribution in [0.1, 0.15) is 0 Å². The van der Waals surface area contributed by atoms with Crippen molar-refractivity contribution in [3.05, 3.63) is 0 Å². The SMILES string of the molecule is N[C@@H](CO)[C@@H](O)[C@@H](O)C(=O)C(=O)O. The van der Waals surface area contributed by atoms with Crippen LogP contribution in [0.5, 0.6) is 0 Å². The second-order valence-electron chi connectivity index (χ2n) is 2.45. The number of nitrogens with two attached hydrogens (primary N) is 1. The van der Waals surface area contributed by atoms with Gasteiger partial charge in [0.1, 0.15) is 6.10 Å². The number of carbonyl (C=O) groups is 2. The van der Waals surface area contributed by atoms with Gasteiger partial charge in [0.15, 0.2) is 6.10 Å². The number of carbonyl (C=O) groups excluding carboxylic acids is 1. The molecule has 76 valence electrons. The zero-order valence-corrected chi connectivity index (χ0v) is 6.62. The van der Waals surface area contributed by atoms with Crippen molar-refractivity contribution in [2.45, 2.75) is 18.2 Å². The summed E-state index contributed by atoms with van der Waals surface area (Å²) in [7, 11) is 0. The van der Waals surface area contributed by atoms with E-state index >= 15 is 0 Å². The molecule has 0 aliphatic carbocycles. The Morgan fingerprint density at radius 3 is 2.08 bits per heavy atom. The average Bonchev–Trinajstić information content (AvgIpc) is 2.12. The maximum Gasteiger partial charge on any atom is 0.375 e. The summed E-state index contributed by atoms with van der Waals surface area (Å²) in [6.45, 7) is -0.662. The molecule has 0 bridgehead atoms. The van der Waals surface area contributed by atoms with E-state index in [0.717, 1.165) is 0 Å². The summed E-state index contributed by atoms with van der Waals surface area (Å²) in [5.41, 5.74) is 5.05. The minimum absolute atomic E-state index is 0.662. The molecule has 0 spiro atoms. The van der Waals surface area contributed by atoms with E-state index in [1.165, 1.54) is 0 Å². The van der Waals surface area contributed by atoms with Gasteiger partial charge in [0.25, 0.3) is 5.78 Å². The van der Waals surface area contributed by atoms with Crippen LogP contribution < -0.4 is 5.73 Å². The van der Waals surface area contributed by atoms with Crippen molar-refractivity contribution in [3.63, 3.8) is 0 Å². The van der Waals surface area contributed by atoms with E-state index < -0.39 is 36.6 Å². The van der Waals surface area contributed by atoms with Crippen LogP contribution >= 0.6 is 0 Å². The first-order valence-electron chi connectivity index (χ1n) is 3.41. The van der Waals surface area contributed by atoms with Crippen molar-refractivity contribution >= 4 is 11.8 Å². The summed E-state index contributed by atoms with van der Waals surface area (Å²) >= 11 is 0. The Hall–Kier alpha value is -1.02. The molecule has 3 atom stereocenters. The van der Waals surface area contributed by atoms with Crippen molar-refractivity contribution in [3.8, 4) is 0 Å². The van der Waals surface area contributed by atoms with Gasteiger partial charge >= 0.3 is 5.97 Å². The quantitative estimate of drug-likeness (QED) is 0.288. The largest absolute Gasteiger partial charge is 0.475 e. The number of hydrogen-bond donors (Lipinski definition) is 5. The second kappa shape index (κ2) is 4.87. The zero-order valence-electron chi connectivity index (χ0n) is 6.62. The number of aliphatic carboxylic acids is 1. The number of rotatable bonds is 5. The molecule has 0 aromatic heterocycles. The molecule has 0 aliphatic heterocycles. The second-order valence-corrected chi connectivity index (χ2v) is 2.45. The van der Waals surface area contributed by atoms with Crippen LogP contribution in [0.15, 0.2) is 0 Å². The molecule has 0 aliphatic rings. The topological polar surface area (TPSA) is 141 Å². The van der Waals surface area contributed by atoms with Gasteiger partial charge in [0.2, 0.25) is 0 Å². The number of aliphatic hydroxyl groups is 3. The first kappa shape index (κ1) is 12.0. The van der Waals surface area contributed by atoms with Crippen LogP contribution in [0.3, 0.4) is 0 Å². The number of carboxylic acids is 1. The van der Waals surface area contributed by atoms with Crippen LogP contribution in [0.2, 0.25) is 0 Å². The normalized spacial score (nSPS) is 17.5. The maximum atomic E-state index is 10.6. The molecule has 0 fully saturated rings. The zero-order chi connectivity index (χ0) is 10.6. The van der Waals surface area contributed by atoms with Crippen molar-refractivity contribution in [2.24, 2.45) is 5.73 Å². The summed E-state index contributed by atoms with van der Waals surface area (Å²) in [6, 6.07) is -1.25. The molecule has 6 N–H and O–H groups in total. The van der Waals surface area contributed by atoms with Crippen molar-refractivity contribution in [2.75, 3.05) is 6.61 Å². The lowest BCUT2D eigenvalue weighted by Crippen LogP contribution is -2.50. The molecule has 0 amide bonds. The molecule has 0 aromatic carbocycles. The lowest BCUT2D eigenvalue weighted by atomic mass is 10.0. The smallest absolute Gasteiger partial charge is 0.375 e. The molecule has 7 heteroatoms. The number of carboxylic acid groups (broad SMARTS) is 1. The van der Waals surface area contributed by atoms with E-state index in [4.69, 9.17) is 26.2 Å². The fraction of sp³-hybridized carbons (Fsp3) is 0.667. The Balaban J connectivity index is 4.33. The van der Waals surface area contributed by atoms with Crippen LogP contribution in [0, 0.1) is 0 Å². The van der Waals surface area contributed by atoms with Gasteiger partial charge in [0.05, 0.1) is 12.6 Å². The fourth-order valence-electron chi connectivity index (χ4n) is 0.624. The number of Topliss-reactive ketones (excluding diaryl/α,β-unsaturated/α-hetero) is 1. The third kappa shape index (κ3) is 3.07. The highest BCUT2D eigenvalue weighted by Crippen LogP contribution is 1.99. The van der Waals surface area contributed by atoms with E-state index in [2.05, 4.69) is 0 Å². The lowest BCUT2D eigenvalue weighted by Gasteiger charge is -2.19. The first-order chi connectivity index (χ1) is 5.91. The Morgan fingerprint density at radius 2 is 1.77 bits per heavy atom. The maximum absolute atomic E-state index is 10.6. The molecule has 0 saturated carbocycles. The highest BCUT2D eigenvalue weighted by atomic mass is 16.4. The summed E-state index contributed by atoms with van der Waals surface area (Å²) in [4.78, 5) is 20.6. The standard InChI is InChI=1S/C6H11NO6/c7-2(1-8)3(9)4(10)5(11)6(12)13/h2-4,8-10H,1,7H2,(H,12,13)/t2-,3+,4+/m0/s1. The predicted molar refractivity (Wildman–Crippen MR) is 39.7 cm³/mol. The van der Waals surface area contributed by atoms with Crippen LogP contribution in [-0.4, -0.2) is 57.0 Å². The van der Waals surface area contributed by atoms with Crippen molar-refractivity contribution in [1.82, 2.24) is 0 Å². The van der Waals surface area contributed by atoms with Gasteiger partial charge in [-0.2, -0.15) is 0 Å². The predicted octanol–water partition coefficient (Wildman–Crippen LogP) is -3.32. The molecule has 7 nitrogen and oxygen atoms in total. The third-order valence-corrected chi connectivity index (χ3v) is 1.45. The minimum atomic E-state index is -2.11. The molecular formula is C6H11NO6. The summed E-state index contributed by atoms with van der Waals surface area (Å²) in [5.74, 6) is -3.42. The van der Waals surface area contributed by atoms with Gasteiger partial charge in [0, 0.05) is 0 Å². The Morgan fingerprint density at radius 1 is 1.31 bits per heavy atom. The Kier molecular flexibility index (Phi) is 4.49. The fourth-order valence-corrected chi connectivity index (χ4v) is 0.624. The molecule has 0 saturated heterocycles. The molecule has 0 heterocycles. The van der Waals surface area contributed by atoms with Gasteiger partial charge in [-0.15, -0.1) is 0 Å². The van der Waals surface area contributed by atoms with Crippen LogP contribution in [-0.2, 0) is 9.59 Å². The molecule has 0 rings (SSSR count). The van der Waals surface area contributed by atoms with E-state index in [0.29, 0.717) is 0 Å². The van der Waals surface area contributed by atoms with Crippen molar-refractivity contribution < 1.29 is 30.0 Å². The number of ketones is 1. The van der Waals surface area contributed by atoms with Crippen molar-refractivity contribution in [1.29, 1.82) is 0 Å². The highest BCUT2D eigenvalue weighted by molar-refractivity contribution is 6.34. The molecular weight excluding hydrogens is 182 g/mol. The van der Waals surface area contributed by atoms with E-state index in [1.807, 2.05) is 0 Å². The van der Waals surface area contributed by atoms with E-state index in [-0.39, 0.29) is 0 Å². The van der Waals surface area contributed by atoms with E-state index in [9.17, 15) is 9.59 Å². The number of hydrogen-bond acceptors (Lipinski definition) is 6. The summed E-state index contributed by atoms with van der Waals surface area (Å²) in [6.07, 6.45) is -3.90. The summed E-state index contributed by atoms with van der Waals surface area (Å²) < 4.78 is 0. The van der Waals surface area contributed by atoms with Gasteiger partial charge in [-0.25, -0.2) is 4.79 Å². The van der Waals surface area contributed by atoms with E-state index in [1.54, 1.807) is 0 Å². The third-order valence-electron chi connectivity index (χ3n) is 1.45. The molecule has 13 heavy (non-hydrogen) atoms. The highest BCUT2D eigenvalue weighted by Gasteiger charge is 2.32. The Bertz CT molecular complexity index is 205. The van der Waals surface area contributed by atoms with Crippen LogP contribution in [0.25, 0.3) is 0 Å². The monoisotopic (exact) mass is 193 g/mol. The molecule has 0 unspecified atom stereocenters. The average molecular weight is 193 g/mol. The van der Waals surface area contributed by atoms with Gasteiger partial charge in [-0.3, -0.25) is 4.79 Å². The van der Waals surface area contributed by atoms with Crippen LogP contribution in [0.4, 0.5) is 0 Å². The van der Waals surface area contributed by atoms with Gasteiger partial charge in [-0.1, -0.05) is 0 Å². The molecule has 0 radical (unpaired) electrons.